The Morgan fingerprint density at radius 3 is 2.11 bits per heavy atom. The number of hydrogen-bond donors (Lipinski definition) is 2. The van der Waals surface area contributed by atoms with Gasteiger partial charge in [0.05, 0.1) is 10.6 Å². The zero-order valence-electron chi connectivity index (χ0n) is 19.0. The molecular weight excluding hydrogens is 476 g/mol. The summed E-state index contributed by atoms with van der Waals surface area (Å²) in [4.78, 5) is 15.2. The van der Waals surface area contributed by atoms with E-state index in [9.17, 15) is 22.0 Å². The zero-order valence-corrected chi connectivity index (χ0v) is 19.8. The molecule has 0 spiro atoms. The summed E-state index contributed by atoms with van der Waals surface area (Å²) in [5, 5.41) is 0. The van der Waals surface area contributed by atoms with Gasteiger partial charge in [-0.2, -0.15) is 4.99 Å². The summed E-state index contributed by atoms with van der Waals surface area (Å²) in [6.07, 6.45) is 1.22. The number of ether oxygens (including phenoxy) is 1. The van der Waals surface area contributed by atoms with Crippen LogP contribution in [0.2, 0.25) is 0 Å². The molecule has 10 heteroatoms. The van der Waals surface area contributed by atoms with Crippen LogP contribution in [0, 0.1) is 18.6 Å². The van der Waals surface area contributed by atoms with Crippen LogP contribution in [-0.4, -0.2) is 20.3 Å². The molecule has 0 heterocycles. The average Bonchev–Trinajstić information content (AvgIpc) is 2.77. The van der Waals surface area contributed by atoms with Crippen LogP contribution in [0.5, 0.6) is 11.5 Å². The summed E-state index contributed by atoms with van der Waals surface area (Å²) in [6, 6.07) is 14.3. The topological polar surface area (TPSA) is 125 Å². The lowest BCUT2D eigenvalue weighted by Crippen LogP contribution is -2.24. The van der Waals surface area contributed by atoms with Gasteiger partial charge in [-0.3, -0.25) is 4.79 Å². The van der Waals surface area contributed by atoms with E-state index in [1.54, 1.807) is 12.1 Å². The molecule has 182 valence electrons. The first-order valence-corrected chi connectivity index (χ1v) is 12.0. The normalized spacial score (nSPS) is 11.7. The largest absolute Gasteiger partial charge is 0.451 e. The molecule has 0 aliphatic carbocycles. The van der Waals surface area contributed by atoms with Crippen molar-refractivity contribution in [3.05, 3.63) is 94.6 Å². The van der Waals surface area contributed by atoms with Crippen molar-refractivity contribution < 1.29 is 26.7 Å². The van der Waals surface area contributed by atoms with E-state index < -0.39 is 39.1 Å². The van der Waals surface area contributed by atoms with Gasteiger partial charge in [0.15, 0.2) is 33.2 Å². The Morgan fingerprint density at radius 2 is 1.57 bits per heavy atom. The smallest absolute Gasteiger partial charge is 0.275 e. The maximum Gasteiger partial charge on any atom is 0.275 e. The van der Waals surface area contributed by atoms with Gasteiger partial charge < -0.3 is 16.2 Å². The maximum absolute atomic E-state index is 14.6. The van der Waals surface area contributed by atoms with Gasteiger partial charge in [-0.15, -0.1) is 0 Å². The number of benzene rings is 3. The minimum Gasteiger partial charge on any atom is -0.451 e. The van der Waals surface area contributed by atoms with Crippen LogP contribution in [0.1, 0.15) is 23.6 Å². The predicted octanol–water partition coefficient (Wildman–Crippen LogP) is 4.24. The van der Waals surface area contributed by atoms with Gasteiger partial charge in [0, 0.05) is 5.57 Å². The summed E-state index contributed by atoms with van der Waals surface area (Å²) >= 11 is 0. The standard InChI is InChI=1S/C25H23F2N3O4S/c1-15-3-5-17(6-4-15)14-35(32,33)20-9-7-19(8-10-20)34-23-21(26)12-18(13-22(23)27)11-16(2)24(31)30-25(28)29/h3-13H,14H2,1-2H3,(H4,28,29,30,31)/b16-11+. The molecule has 3 aromatic carbocycles. The fourth-order valence-electron chi connectivity index (χ4n) is 3.10. The number of nitrogens with two attached hydrogens (primary N) is 2. The molecule has 1 amide bonds. The first kappa shape index (κ1) is 25.6. The molecule has 4 N–H and O–H groups in total. The number of nitrogens with zero attached hydrogens (tertiary/aromatic N) is 1. The van der Waals surface area contributed by atoms with E-state index in [0.717, 1.165) is 17.7 Å². The third kappa shape index (κ3) is 6.73. The highest BCUT2D eigenvalue weighted by Crippen LogP contribution is 2.30. The number of carbonyl (C=O) groups is 1. The molecule has 0 saturated carbocycles. The van der Waals surface area contributed by atoms with Crippen LogP contribution in [-0.2, 0) is 20.4 Å². The van der Waals surface area contributed by atoms with E-state index >= 15 is 0 Å². The second-order valence-corrected chi connectivity index (χ2v) is 9.79. The third-order valence-corrected chi connectivity index (χ3v) is 6.56. The van der Waals surface area contributed by atoms with E-state index in [1.807, 2.05) is 19.1 Å². The predicted molar refractivity (Wildman–Crippen MR) is 129 cm³/mol. The Morgan fingerprint density at radius 1 is 1.00 bits per heavy atom. The first-order valence-electron chi connectivity index (χ1n) is 10.3. The van der Waals surface area contributed by atoms with Gasteiger partial charge in [-0.25, -0.2) is 17.2 Å². The lowest BCUT2D eigenvalue weighted by molar-refractivity contribution is -0.114. The lowest BCUT2D eigenvalue weighted by atomic mass is 10.1. The molecular formula is C25H23F2N3O4S. The van der Waals surface area contributed by atoms with Crippen molar-refractivity contribution in [2.75, 3.05) is 0 Å². The van der Waals surface area contributed by atoms with Crippen molar-refractivity contribution >= 4 is 27.8 Å². The SMILES string of the molecule is C/C(=C\c1cc(F)c(Oc2ccc(S(=O)(=O)Cc3ccc(C)cc3)cc2)c(F)c1)C(=O)N=C(N)N. The summed E-state index contributed by atoms with van der Waals surface area (Å²) < 4.78 is 59.8. The summed E-state index contributed by atoms with van der Waals surface area (Å²) in [6.45, 7) is 3.30. The molecule has 0 fully saturated rings. The Kier molecular flexibility index (Phi) is 7.65. The van der Waals surface area contributed by atoms with Crippen LogP contribution in [0.3, 0.4) is 0 Å². The van der Waals surface area contributed by atoms with E-state index in [-0.39, 0.29) is 27.5 Å². The molecule has 0 atom stereocenters. The highest BCUT2D eigenvalue weighted by atomic mass is 32.2. The lowest BCUT2D eigenvalue weighted by Gasteiger charge is -2.10. The number of halogens is 2. The quantitative estimate of drug-likeness (QED) is 0.285. The number of sulfone groups is 1. The van der Waals surface area contributed by atoms with Gasteiger partial charge in [0.2, 0.25) is 0 Å². The molecule has 0 aromatic heterocycles. The Bertz CT molecular complexity index is 1390. The average molecular weight is 500 g/mol. The summed E-state index contributed by atoms with van der Waals surface area (Å²) in [5.74, 6) is -4.04. The molecule has 0 saturated heterocycles. The fraction of sp³-hybridized carbons (Fsp3) is 0.120. The number of amides is 1. The molecule has 3 rings (SSSR count). The Labute approximate surface area is 201 Å². The number of carbonyl (C=O) groups excluding carboxylic acids is 1. The van der Waals surface area contributed by atoms with E-state index in [4.69, 9.17) is 16.2 Å². The van der Waals surface area contributed by atoms with Crippen molar-refractivity contribution in [2.24, 2.45) is 16.5 Å². The molecule has 3 aromatic rings. The first-order chi connectivity index (χ1) is 16.4. The monoisotopic (exact) mass is 499 g/mol. The highest BCUT2D eigenvalue weighted by Gasteiger charge is 2.17. The third-order valence-electron chi connectivity index (χ3n) is 4.85. The molecule has 0 radical (unpaired) electrons. The van der Waals surface area contributed by atoms with Crippen molar-refractivity contribution in [3.8, 4) is 11.5 Å². The van der Waals surface area contributed by atoms with Crippen molar-refractivity contribution in [3.63, 3.8) is 0 Å². The summed E-state index contributed by atoms with van der Waals surface area (Å²) in [7, 11) is -3.63. The van der Waals surface area contributed by atoms with Gasteiger partial charge in [0.1, 0.15) is 5.75 Å². The minimum atomic E-state index is -3.63. The second-order valence-electron chi connectivity index (χ2n) is 7.80. The number of aryl methyl sites for hydroxylation is 1. The molecule has 0 unspecified atom stereocenters. The van der Waals surface area contributed by atoms with Crippen molar-refractivity contribution in [1.82, 2.24) is 0 Å². The zero-order chi connectivity index (χ0) is 25.8. The van der Waals surface area contributed by atoms with Crippen molar-refractivity contribution in [1.29, 1.82) is 0 Å². The number of aliphatic imine (C=N–C) groups is 1. The van der Waals surface area contributed by atoms with Crippen LogP contribution in [0.15, 0.2) is 76.1 Å². The van der Waals surface area contributed by atoms with Crippen LogP contribution < -0.4 is 16.2 Å². The molecule has 0 aliphatic rings. The molecule has 0 aliphatic heterocycles. The fourth-order valence-corrected chi connectivity index (χ4v) is 4.45. The minimum absolute atomic E-state index is 0.0412. The number of guanidine groups is 1. The van der Waals surface area contributed by atoms with Crippen LogP contribution >= 0.6 is 0 Å². The van der Waals surface area contributed by atoms with Crippen LogP contribution in [0.4, 0.5) is 8.78 Å². The van der Waals surface area contributed by atoms with E-state index in [1.165, 1.54) is 37.3 Å². The Balaban J connectivity index is 1.77. The van der Waals surface area contributed by atoms with E-state index in [0.29, 0.717) is 5.56 Å². The van der Waals surface area contributed by atoms with Gasteiger partial charge in [0.25, 0.3) is 5.91 Å². The molecule has 0 bridgehead atoms. The van der Waals surface area contributed by atoms with Gasteiger partial charge in [-0.05, 0) is 67.4 Å². The van der Waals surface area contributed by atoms with Crippen LogP contribution in [0.25, 0.3) is 6.08 Å². The summed E-state index contributed by atoms with van der Waals surface area (Å²) in [5.41, 5.74) is 12.1. The second kappa shape index (κ2) is 10.5. The molecule has 35 heavy (non-hydrogen) atoms. The maximum atomic E-state index is 14.6. The number of rotatable bonds is 7. The van der Waals surface area contributed by atoms with Gasteiger partial charge >= 0.3 is 0 Å². The van der Waals surface area contributed by atoms with E-state index in [2.05, 4.69) is 4.99 Å². The van der Waals surface area contributed by atoms with Crippen molar-refractivity contribution in [2.45, 2.75) is 24.5 Å². The molecule has 7 nitrogen and oxygen atoms in total. The van der Waals surface area contributed by atoms with Gasteiger partial charge in [-0.1, -0.05) is 29.8 Å². The number of hydrogen-bond acceptors (Lipinski definition) is 4. The highest BCUT2D eigenvalue weighted by molar-refractivity contribution is 7.90. The Hall–Kier alpha value is -4.05.